The van der Waals surface area contributed by atoms with Gasteiger partial charge in [0.25, 0.3) is 5.56 Å². The summed E-state index contributed by atoms with van der Waals surface area (Å²) in [4.78, 5) is 16.9. The average Bonchev–Trinajstić information content (AvgIpc) is 2.47. The zero-order valence-corrected chi connectivity index (χ0v) is 13.2. The van der Waals surface area contributed by atoms with Crippen molar-refractivity contribution in [3.63, 3.8) is 0 Å². The fourth-order valence-electron chi connectivity index (χ4n) is 2.52. The SMILES string of the molecule is CC[NH+](CC)CCCn1c(=S)[nH]c2ccc(F)cc2c1=O. The zero-order valence-electron chi connectivity index (χ0n) is 12.4. The van der Waals surface area contributed by atoms with E-state index in [1.165, 1.54) is 21.6 Å². The van der Waals surface area contributed by atoms with E-state index in [1.807, 2.05) is 0 Å². The molecule has 0 aliphatic carbocycles. The summed E-state index contributed by atoms with van der Waals surface area (Å²) in [5.74, 6) is -0.413. The maximum Gasteiger partial charge on any atom is 0.262 e. The van der Waals surface area contributed by atoms with Gasteiger partial charge in [-0.05, 0) is 44.3 Å². The van der Waals surface area contributed by atoms with Crippen LogP contribution in [0.4, 0.5) is 4.39 Å². The fraction of sp³-hybridized carbons (Fsp3) is 0.467. The highest BCUT2D eigenvalue weighted by Gasteiger charge is 2.08. The lowest BCUT2D eigenvalue weighted by molar-refractivity contribution is -0.896. The molecule has 21 heavy (non-hydrogen) atoms. The van der Waals surface area contributed by atoms with E-state index in [0.29, 0.717) is 22.2 Å². The van der Waals surface area contributed by atoms with Gasteiger partial charge in [0, 0.05) is 13.0 Å². The molecule has 1 aromatic carbocycles. The van der Waals surface area contributed by atoms with Crippen molar-refractivity contribution in [2.75, 3.05) is 19.6 Å². The topological polar surface area (TPSA) is 42.2 Å². The number of benzene rings is 1. The van der Waals surface area contributed by atoms with E-state index in [0.717, 1.165) is 26.1 Å². The lowest BCUT2D eigenvalue weighted by Gasteiger charge is -2.15. The molecule has 2 aromatic rings. The largest absolute Gasteiger partial charge is 0.335 e. The first-order valence-electron chi connectivity index (χ1n) is 7.32. The molecule has 0 unspecified atom stereocenters. The fourth-order valence-corrected chi connectivity index (χ4v) is 2.80. The Kier molecular flexibility index (Phi) is 5.25. The Bertz CT molecular complexity index is 734. The van der Waals surface area contributed by atoms with Crippen molar-refractivity contribution in [3.8, 4) is 0 Å². The van der Waals surface area contributed by atoms with Crippen LogP contribution in [0.5, 0.6) is 0 Å². The molecule has 0 aliphatic rings. The van der Waals surface area contributed by atoms with Gasteiger partial charge in [0.2, 0.25) is 0 Å². The third-order valence-corrected chi connectivity index (χ3v) is 4.18. The normalized spacial score (nSPS) is 11.4. The van der Waals surface area contributed by atoms with Crippen LogP contribution in [0.15, 0.2) is 23.0 Å². The zero-order chi connectivity index (χ0) is 15.4. The highest BCUT2D eigenvalue weighted by molar-refractivity contribution is 7.71. The number of quaternary nitrogens is 1. The first-order valence-corrected chi connectivity index (χ1v) is 7.73. The van der Waals surface area contributed by atoms with Crippen LogP contribution in [-0.2, 0) is 6.54 Å². The highest BCUT2D eigenvalue weighted by Crippen LogP contribution is 2.09. The lowest BCUT2D eigenvalue weighted by Crippen LogP contribution is -3.11. The number of aromatic amines is 1. The molecule has 0 saturated carbocycles. The Morgan fingerprint density at radius 1 is 1.33 bits per heavy atom. The Labute approximate surface area is 128 Å². The van der Waals surface area contributed by atoms with Crippen LogP contribution < -0.4 is 10.5 Å². The third-order valence-electron chi connectivity index (χ3n) is 3.86. The number of rotatable bonds is 6. The summed E-state index contributed by atoms with van der Waals surface area (Å²) >= 11 is 5.24. The van der Waals surface area contributed by atoms with Crippen LogP contribution >= 0.6 is 12.2 Å². The predicted molar refractivity (Wildman–Crippen MR) is 84.9 cm³/mol. The standard InChI is InChI=1S/C15H20FN3OS/c1-3-18(4-2)8-5-9-19-14(20)12-10-11(16)6-7-13(12)17-15(19)21/h6-7,10H,3-5,8-9H2,1-2H3,(H,17,21)/p+1. The van der Waals surface area contributed by atoms with Gasteiger partial charge in [-0.3, -0.25) is 9.36 Å². The maximum atomic E-state index is 13.3. The molecule has 0 saturated heterocycles. The van der Waals surface area contributed by atoms with Crippen molar-refractivity contribution < 1.29 is 9.29 Å². The number of H-pyrrole nitrogens is 1. The van der Waals surface area contributed by atoms with Gasteiger partial charge in [-0.1, -0.05) is 0 Å². The summed E-state index contributed by atoms with van der Waals surface area (Å²) in [6.07, 6.45) is 0.870. The van der Waals surface area contributed by atoms with E-state index >= 15 is 0 Å². The van der Waals surface area contributed by atoms with E-state index in [1.54, 1.807) is 6.07 Å². The second kappa shape index (κ2) is 6.95. The van der Waals surface area contributed by atoms with Crippen LogP contribution in [0.25, 0.3) is 10.9 Å². The van der Waals surface area contributed by atoms with Gasteiger partial charge < -0.3 is 9.88 Å². The average molecular weight is 310 g/mol. The van der Waals surface area contributed by atoms with Crippen molar-refractivity contribution in [1.29, 1.82) is 0 Å². The van der Waals surface area contributed by atoms with Gasteiger partial charge in [0.05, 0.1) is 30.5 Å². The quantitative estimate of drug-likeness (QED) is 0.794. The third kappa shape index (κ3) is 3.57. The van der Waals surface area contributed by atoms with Crippen molar-refractivity contribution in [2.45, 2.75) is 26.8 Å². The van der Waals surface area contributed by atoms with Gasteiger partial charge in [-0.2, -0.15) is 0 Å². The first-order chi connectivity index (χ1) is 10.1. The number of nitrogens with one attached hydrogen (secondary N) is 2. The van der Waals surface area contributed by atoms with Crippen LogP contribution in [0.1, 0.15) is 20.3 Å². The van der Waals surface area contributed by atoms with Gasteiger partial charge in [0.1, 0.15) is 5.82 Å². The molecule has 114 valence electrons. The summed E-state index contributed by atoms with van der Waals surface area (Å²) < 4.78 is 15.2. The number of hydrogen-bond acceptors (Lipinski definition) is 2. The molecule has 1 aromatic heterocycles. The number of hydrogen-bond donors (Lipinski definition) is 2. The highest BCUT2D eigenvalue weighted by atomic mass is 32.1. The molecule has 1 heterocycles. The lowest BCUT2D eigenvalue weighted by atomic mass is 10.2. The number of fused-ring (bicyclic) bond motifs is 1. The molecule has 0 fully saturated rings. The molecule has 6 heteroatoms. The van der Waals surface area contributed by atoms with E-state index in [-0.39, 0.29) is 5.56 Å². The van der Waals surface area contributed by atoms with Gasteiger partial charge in [0.15, 0.2) is 4.77 Å². The number of halogens is 1. The van der Waals surface area contributed by atoms with Gasteiger partial charge >= 0.3 is 0 Å². The van der Waals surface area contributed by atoms with Crippen LogP contribution in [0.2, 0.25) is 0 Å². The van der Waals surface area contributed by atoms with Crippen molar-refractivity contribution in [2.24, 2.45) is 0 Å². The minimum atomic E-state index is -0.413. The van der Waals surface area contributed by atoms with Gasteiger partial charge in [-0.25, -0.2) is 4.39 Å². The summed E-state index contributed by atoms with van der Waals surface area (Å²) in [5, 5.41) is 0.346. The van der Waals surface area contributed by atoms with Crippen LogP contribution in [0, 0.1) is 10.6 Å². The monoisotopic (exact) mass is 310 g/mol. The molecule has 0 bridgehead atoms. The Morgan fingerprint density at radius 3 is 2.71 bits per heavy atom. The molecule has 0 aliphatic heterocycles. The van der Waals surface area contributed by atoms with Crippen LogP contribution in [0.3, 0.4) is 0 Å². The molecule has 0 spiro atoms. The smallest absolute Gasteiger partial charge is 0.262 e. The molecular formula is C15H21FN3OS+. The molecule has 0 atom stereocenters. The Hall–Kier alpha value is -1.53. The van der Waals surface area contributed by atoms with Crippen molar-refractivity contribution in [1.82, 2.24) is 9.55 Å². The van der Waals surface area contributed by atoms with E-state index in [4.69, 9.17) is 12.2 Å². The molecular weight excluding hydrogens is 289 g/mol. The molecule has 0 amide bonds. The van der Waals surface area contributed by atoms with E-state index in [9.17, 15) is 9.18 Å². The number of nitrogens with zero attached hydrogens (tertiary/aromatic N) is 1. The first kappa shape index (κ1) is 15.9. The summed E-state index contributed by atoms with van der Waals surface area (Å²) in [7, 11) is 0. The summed E-state index contributed by atoms with van der Waals surface area (Å²) in [6.45, 7) is 7.99. The Morgan fingerprint density at radius 2 is 2.05 bits per heavy atom. The summed E-state index contributed by atoms with van der Waals surface area (Å²) in [5.41, 5.74) is 0.361. The second-order valence-corrected chi connectivity index (χ2v) is 5.52. The van der Waals surface area contributed by atoms with E-state index in [2.05, 4.69) is 18.8 Å². The molecule has 0 radical (unpaired) electrons. The number of aromatic nitrogens is 2. The Balaban J connectivity index is 2.28. The molecule has 2 rings (SSSR count). The van der Waals surface area contributed by atoms with E-state index < -0.39 is 5.82 Å². The van der Waals surface area contributed by atoms with Gasteiger partial charge in [-0.15, -0.1) is 0 Å². The maximum absolute atomic E-state index is 13.3. The van der Waals surface area contributed by atoms with Crippen molar-refractivity contribution in [3.05, 3.63) is 39.1 Å². The minimum Gasteiger partial charge on any atom is -0.335 e. The minimum absolute atomic E-state index is 0.220. The second-order valence-electron chi connectivity index (χ2n) is 5.14. The predicted octanol–water partition coefficient (Wildman–Crippen LogP) is 1.51. The molecule has 2 N–H and O–H groups in total. The summed E-state index contributed by atoms with van der Waals surface area (Å²) in [6, 6.07) is 4.13. The molecule has 4 nitrogen and oxygen atoms in total. The van der Waals surface area contributed by atoms with Crippen LogP contribution in [-0.4, -0.2) is 29.2 Å². The van der Waals surface area contributed by atoms with Crippen molar-refractivity contribution >= 4 is 23.1 Å².